The molecule has 0 aliphatic heterocycles. The number of halogens is 6. The molecule has 1 aromatic carbocycles. The minimum Gasteiger partial charge on any atom is -0.481 e. The molecule has 3 atom stereocenters. The minimum atomic E-state index is -5.01. The summed E-state index contributed by atoms with van der Waals surface area (Å²) in [5.74, 6) is -4.14. The van der Waals surface area contributed by atoms with Gasteiger partial charge in [-0.05, 0) is 51.2 Å². The maximum absolute atomic E-state index is 14.7. The van der Waals surface area contributed by atoms with E-state index >= 15 is 0 Å². The summed E-state index contributed by atoms with van der Waals surface area (Å²) < 4.78 is 58.2. The third kappa shape index (κ3) is 6.66. The fourth-order valence-corrected chi connectivity index (χ4v) is 5.48. The van der Waals surface area contributed by atoms with Crippen molar-refractivity contribution >= 4 is 40.9 Å². The topological polar surface area (TPSA) is 92.5 Å². The van der Waals surface area contributed by atoms with Gasteiger partial charge in [-0.25, -0.2) is 4.39 Å². The molecule has 0 saturated heterocycles. The summed E-state index contributed by atoms with van der Waals surface area (Å²) in [5.41, 5.74) is -4.37. The van der Waals surface area contributed by atoms with E-state index in [1.54, 1.807) is 6.92 Å². The SMILES string of the molecule is C[C@@H]1C[C@@H](n2ncc(C(=O)N(CC(=O)c3c(Cl)cccc3Cl)CC(C)(C)F)c2C(F)(F)F)CC[C@@H]1C(=O)O. The van der Waals surface area contributed by atoms with Crippen molar-refractivity contribution in [3.63, 3.8) is 0 Å². The van der Waals surface area contributed by atoms with E-state index < -0.39 is 71.7 Å². The van der Waals surface area contributed by atoms with Gasteiger partial charge in [0.1, 0.15) is 5.67 Å². The zero-order valence-electron chi connectivity index (χ0n) is 20.9. The molecule has 1 aliphatic rings. The number of benzene rings is 1. The molecule has 208 valence electrons. The standard InChI is InChI=1S/C25H27Cl2F4N3O4/c1-13-9-14(7-8-15(13)23(37)38)34-21(25(29,30)31)16(10-32-34)22(36)33(12-24(2,3)28)11-19(35)20-17(26)5-4-6-18(20)27/h4-6,10,13-15H,7-9,11-12H2,1-3H3,(H,37,38)/t13-,14+,15+/m1/s1. The van der Waals surface area contributed by atoms with Gasteiger partial charge >= 0.3 is 12.1 Å². The minimum absolute atomic E-state index is 0.0238. The Morgan fingerprint density at radius 1 is 1.13 bits per heavy atom. The molecule has 0 radical (unpaired) electrons. The van der Waals surface area contributed by atoms with Crippen molar-refractivity contribution in [2.45, 2.75) is 57.9 Å². The molecule has 1 aliphatic carbocycles. The van der Waals surface area contributed by atoms with Crippen LogP contribution in [-0.4, -0.2) is 56.2 Å². The number of carbonyl (C=O) groups is 3. The lowest BCUT2D eigenvalue weighted by molar-refractivity contribution is -0.149. The second-order valence-electron chi connectivity index (χ2n) is 10.1. The van der Waals surface area contributed by atoms with E-state index in [-0.39, 0.29) is 34.9 Å². The van der Waals surface area contributed by atoms with Gasteiger partial charge in [0.25, 0.3) is 5.91 Å². The average molecular weight is 580 g/mol. The lowest BCUT2D eigenvalue weighted by Crippen LogP contribution is -2.43. The van der Waals surface area contributed by atoms with E-state index in [0.29, 0.717) is 9.58 Å². The van der Waals surface area contributed by atoms with Gasteiger partial charge in [0.05, 0.1) is 52.4 Å². The zero-order valence-corrected chi connectivity index (χ0v) is 22.4. The van der Waals surface area contributed by atoms with E-state index in [2.05, 4.69) is 5.10 Å². The smallest absolute Gasteiger partial charge is 0.433 e. The van der Waals surface area contributed by atoms with Crippen molar-refractivity contribution in [1.82, 2.24) is 14.7 Å². The highest BCUT2D eigenvalue weighted by Gasteiger charge is 2.44. The summed E-state index contributed by atoms with van der Waals surface area (Å²) >= 11 is 12.1. The number of carboxylic acids is 1. The molecule has 38 heavy (non-hydrogen) atoms. The predicted molar refractivity (Wildman–Crippen MR) is 132 cm³/mol. The number of hydrogen-bond donors (Lipinski definition) is 1. The van der Waals surface area contributed by atoms with Gasteiger partial charge in [0, 0.05) is 0 Å². The van der Waals surface area contributed by atoms with Crippen molar-refractivity contribution in [2.75, 3.05) is 13.1 Å². The van der Waals surface area contributed by atoms with Gasteiger partial charge in [-0.3, -0.25) is 19.1 Å². The van der Waals surface area contributed by atoms with Gasteiger partial charge in [-0.15, -0.1) is 0 Å². The average Bonchev–Trinajstić information content (AvgIpc) is 3.22. The largest absolute Gasteiger partial charge is 0.481 e. The number of Topliss-reactive ketones (excluding diaryl/α,β-unsaturated/α-hetero) is 1. The number of alkyl halides is 4. The molecule has 2 aromatic rings. The molecule has 13 heteroatoms. The Morgan fingerprint density at radius 2 is 1.74 bits per heavy atom. The number of ketones is 1. The number of rotatable bonds is 8. The number of carbonyl (C=O) groups excluding carboxylic acids is 2. The highest BCUT2D eigenvalue weighted by molar-refractivity contribution is 6.40. The number of hydrogen-bond acceptors (Lipinski definition) is 4. The molecule has 1 saturated carbocycles. The maximum Gasteiger partial charge on any atom is 0.433 e. The van der Waals surface area contributed by atoms with Crippen LogP contribution in [0.25, 0.3) is 0 Å². The van der Waals surface area contributed by atoms with E-state index in [4.69, 9.17) is 23.2 Å². The van der Waals surface area contributed by atoms with Crippen LogP contribution in [0.1, 0.15) is 72.5 Å². The van der Waals surface area contributed by atoms with Gasteiger partial charge < -0.3 is 10.0 Å². The third-order valence-corrected chi connectivity index (χ3v) is 7.16. The molecule has 3 rings (SSSR count). The lowest BCUT2D eigenvalue weighted by Gasteiger charge is -2.33. The second kappa shape index (κ2) is 11.2. The van der Waals surface area contributed by atoms with E-state index in [1.165, 1.54) is 18.2 Å². The molecule has 1 aromatic heterocycles. The normalized spacial score (nSPS) is 20.3. The summed E-state index contributed by atoms with van der Waals surface area (Å²) in [6, 6.07) is 3.47. The van der Waals surface area contributed by atoms with Crippen molar-refractivity contribution in [3.05, 3.63) is 51.3 Å². The van der Waals surface area contributed by atoms with Crippen LogP contribution in [0.15, 0.2) is 24.4 Å². The van der Waals surface area contributed by atoms with Crippen molar-refractivity contribution in [3.8, 4) is 0 Å². The number of aromatic nitrogens is 2. The van der Waals surface area contributed by atoms with Crippen LogP contribution in [0.5, 0.6) is 0 Å². The fourth-order valence-electron chi connectivity index (χ4n) is 4.88. The monoisotopic (exact) mass is 579 g/mol. The quantitative estimate of drug-likeness (QED) is 0.291. The Labute approximate surface area is 226 Å². The molecule has 7 nitrogen and oxygen atoms in total. The third-order valence-electron chi connectivity index (χ3n) is 6.53. The maximum atomic E-state index is 14.7. The van der Waals surface area contributed by atoms with Crippen molar-refractivity contribution in [1.29, 1.82) is 0 Å². The second-order valence-corrected chi connectivity index (χ2v) is 11.0. The van der Waals surface area contributed by atoms with Gasteiger partial charge in [0.2, 0.25) is 0 Å². The van der Waals surface area contributed by atoms with E-state index in [9.17, 15) is 37.1 Å². The van der Waals surface area contributed by atoms with Crippen LogP contribution in [0.3, 0.4) is 0 Å². The Hall–Kier alpha value is -2.66. The van der Waals surface area contributed by atoms with Crippen molar-refractivity contribution < 1.29 is 37.1 Å². The Morgan fingerprint density at radius 3 is 2.24 bits per heavy atom. The van der Waals surface area contributed by atoms with Crippen LogP contribution < -0.4 is 0 Å². The Bertz CT molecular complexity index is 1210. The molecule has 1 amide bonds. The molecule has 1 fully saturated rings. The first-order valence-electron chi connectivity index (χ1n) is 11.8. The zero-order chi connectivity index (χ0) is 28.6. The molecular weight excluding hydrogens is 553 g/mol. The van der Waals surface area contributed by atoms with Crippen LogP contribution in [0.4, 0.5) is 17.6 Å². The Kier molecular flexibility index (Phi) is 8.82. The number of nitrogens with zero attached hydrogens (tertiary/aromatic N) is 3. The molecule has 1 N–H and O–H groups in total. The van der Waals surface area contributed by atoms with E-state index in [0.717, 1.165) is 20.0 Å². The highest BCUT2D eigenvalue weighted by atomic mass is 35.5. The number of carboxylic acid groups (broad SMARTS) is 1. The summed E-state index contributed by atoms with van der Waals surface area (Å²) in [5, 5.41) is 13.2. The van der Waals surface area contributed by atoms with Crippen LogP contribution in [0, 0.1) is 11.8 Å². The van der Waals surface area contributed by atoms with Gasteiger partial charge in [0.15, 0.2) is 11.5 Å². The van der Waals surface area contributed by atoms with Gasteiger partial charge in [-0.2, -0.15) is 18.3 Å². The molecular formula is C25H27Cl2F4N3O4. The number of amides is 1. The van der Waals surface area contributed by atoms with Crippen LogP contribution >= 0.6 is 23.2 Å². The molecule has 1 heterocycles. The summed E-state index contributed by atoms with van der Waals surface area (Å²) in [6.07, 6.45) is -3.88. The van der Waals surface area contributed by atoms with Crippen molar-refractivity contribution in [2.24, 2.45) is 11.8 Å². The molecule has 0 unspecified atom stereocenters. The first kappa shape index (κ1) is 29.9. The first-order chi connectivity index (χ1) is 17.5. The first-order valence-corrected chi connectivity index (χ1v) is 12.6. The number of aliphatic carboxylic acids is 1. The summed E-state index contributed by atoms with van der Waals surface area (Å²) in [7, 11) is 0. The fraction of sp³-hybridized carbons (Fsp3) is 0.520. The van der Waals surface area contributed by atoms with E-state index in [1.807, 2.05) is 0 Å². The lowest BCUT2D eigenvalue weighted by atomic mass is 9.78. The predicted octanol–water partition coefficient (Wildman–Crippen LogP) is 6.34. The highest BCUT2D eigenvalue weighted by Crippen LogP contribution is 2.41. The molecule has 0 spiro atoms. The van der Waals surface area contributed by atoms with Crippen LogP contribution in [-0.2, 0) is 11.0 Å². The molecule has 0 bridgehead atoms. The van der Waals surface area contributed by atoms with Crippen LogP contribution in [0.2, 0.25) is 10.0 Å². The Balaban J connectivity index is 1.99. The summed E-state index contributed by atoms with van der Waals surface area (Å²) in [4.78, 5) is 38.5. The summed E-state index contributed by atoms with van der Waals surface area (Å²) in [6.45, 7) is 2.42. The van der Waals surface area contributed by atoms with Gasteiger partial charge in [-0.1, -0.05) is 36.2 Å².